The number of hydrogen-bond donors (Lipinski definition) is 2. The highest BCUT2D eigenvalue weighted by Gasteiger charge is 2.53. The molecule has 8 heteroatoms. The van der Waals surface area contributed by atoms with E-state index >= 15 is 0 Å². The number of aryl methyl sites for hydroxylation is 1. The van der Waals surface area contributed by atoms with Gasteiger partial charge in [0.05, 0.1) is 13.7 Å². The SMILES string of the molecule is COc1cccc([C@H]2OC(c3ccc(OCCCO)cc3)=N[C@@]2(Cc2ccccc2Br)C(=O)NCCCCc2ccccc2)c1. The molecular weight excluding hydrogens is 632 g/mol. The molecule has 2 N–H and O–H groups in total. The number of nitrogens with one attached hydrogen (secondary N) is 1. The fourth-order valence-corrected chi connectivity index (χ4v) is 5.90. The van der Waals surface area contributed by atoms with Crippen LogP contribution in [0.3, 0.4) is 0 Å². The van der Waals surface area contributed by atoms with Gasteiger partial charge in [0.15, 0.2) is 11.6 Å². The number of aliphatic hydroxyl groups is 1. The summed E-state index contributed by atoms with van der Waals surface area (Å²) in [6.45, 7) is 1.02. The third-order valence-corrected chi connectivity index (χ3v) is 8.64. The molecule has 1 aliphatic rings. The lowest BCUT2D eigenvalue weighted by Gasteiger charge is -2.31. The molecule has 7 nitrogen and oxygen atoms in total. The largest absolute Gasteiger partial charge is 0.497 e. The van der Waals surface area contributed by atoms with Crippen LogP contribution in [-0.4, -0.2) is 49.3 Å². The number of methoxy groups -OCH3 is 1. The summed E-state index contributed by atoms with van der Waals surface area (Å²) < 4.78 is 18.8. The molecule has 0 fully saturated rings. The molecule has 0 aliphatic carbocycles. The van der Waals surface area contributed by atoms with Crippen molar-refractivity contribution in [2.24, 2.45) is 4.99 Å². The number of nitrogens with zero attached hydrogens (tertiary/aromatic N) is 1. The van der Waals surface area contributed by atoms with Gasteiger partial charge in [-0.25, -0.2) is 4.99 Å². The number of aliphatic imine (C=N–C) groups is 1. The van der Waals surface area contributed by atoms with Crippen molar-refractivity contribution in [3.63, 3.8) is 0 Å². The number of unbranched alkanes of at least 4 members (excludes halogenated alkanes) is 1. The Balaban J connectivity index is 1.47. The van der Waals surface area contributed by atoms with Crippen LogP contribution in [0.15, 0.2) is 113 Å². The van der Waals surface area contributed by atoms with E-state index in [0.29, 0.717) is 43.4 Å². The molecule has 0 bridgehead atoms. The summed E-state index contributed by atoms with van der Waals surface area (Å²) in [4.78, 5) is 19.6. The number of amides is 1. The van der Waals surface area contributed by atoms with Gasteiger partial charge in [0.25, 0.3) is 5.91 Å². The summed E-state index contributed by atoms with van der Waals surface area (Å²) in [6, 6.07) is 33.4. The Labute approximate surface area is 273 Å². The second-order valence-corrected chi connectivity index (χ2v) is 11.9. The van der Waals surface area contributed by atoms with Crippen molar-refractivity contribution < 1.29 is 24.1 Å². The summed E-state index contributed by atoms with van der Waals surface area (Å²) in [7, 11) is 1.62. The lowest BCUT2D eigenvalue weighted by atomic mass is 9.82. The van der Waals surface area contributed by atoms with E-state index in [-0.39, 0.29) is 12.5 Å². The monoisotopic (exact) mass is 670 g/mol. The van der Waals surface area contributed by atoms with E-state index in [9.17, 15) is 4.79 Å². The third-order valence-electron chi connectivity index (χ3n) is 7.86. The van der Waals surface area contributed by atoms with Crippen LogP contribution in [0.25, 0.3) is 0 Å². The van der Waals surface area contributed by atoms with Gasteiger partial charge >= 0.3 is 0 Å². The van der Waals surface area contributed by atoms with E-state index in [4.69, 9.17) is 24.3 Å². The standard InChI is InChI=1S/C37H39BrN2O5/c1-43-32-16-9-15-29(25-32)34-37(26-30-14-5-6-17-33(30)38,36(42)39-22-8-7-13-27-11-3-2-4-12-27)40-35(45-34)28-18-20-31(21-19-28)44-24-10-23-41/h2-6,9,11-12,14-21,25,34,41H,7-8,10,13,22-24,26H2,1H3,(H,39,42)/t34-,37-/m1/s1. The summed E-state index contributed by atoms with van der Waals surface area (Å²) in [6.07, 6.45) is 2.91. The normalized spacial score (nSPS) is 17.3. The van der Waals surface area contributed by atoms with E-state index in [0.717, 1.165) is 40.4 Å². The van der Waals surface area contributed by atoms with Crippen molar-refractivity contribution in [1.29, 1.82) is 0 Å². The van der Waals surface area contributed by atoms with Gasteiger partial charge in [-0.3, -0.25) is 4.79 Å². The maximum atomic E-state index is 14.4. The number of aliphatic hydroxyl groups excluding tert-OH is 1. The van der Waals surface area contributed by atoms with Gasteiger partial charge in [0.1, 0.15) is 11.5 Å². The highest BCUT2D eigenvalue weighted by molar-refractivity contribution is 9.10. The number of ether oxygens (including phenoxy) is 3. The maximum absolute atomic E-state index is 14.4. The van der Waals surface area contributed by atoms with Gasteiger partial charge in [-0.1, -0.05) is 76.6 Å². The molecule has 234 valence electrons. The molecule has 0 aromatic heterocycles. The van der Waals surface area contributed by atoms with Crippen LogP contribution < -0.4 is 14.8 Å². The zero-order valence-corrected chi connectivity index (χ0v) is 27.0. The van der Waals surface area contributed by atoms with Crippen LogP contribution >= 0.6 is 15.9 Å². The third kappa shape index (κ3) is 8.12. The molecule has 1 aliphatic heterocycles. The van der Waals surface area contributed by atoms with E-state index in [1.165, 1.54) is 5.56 Å². The Morgan fingerprint density at radius 1 is 0.933 bits per heavy atom. The molecular formula is C37H39BrN2O5. The molecule has 4 aromatic carbocycles. The van der Waals surface area contributed by atoms with Crippen LogP contribution in [0.4, 0.5) is 0 Å². The van der Waals surface area contributed by atoms with Gasteiger partial charge in [0, 0.05) is 36.0 Å². The predicted molar refractivity (Wildman–Crippen MR) is 180 cm³/mol. The Hall–Kier alpha value is -4.14. The van der Waals surface area contributed by atoms with Gasteiger partial charge in [-0.05, 0) is 78.4 Å². The smallest absolute Gasteiger partial charge is 0.252 e. The van der Waals surface area contributed by atoms with E-state index in [1.807, 2.05) is 78.9 Å². The summed E-state index contributed by atoms with van der Waals surface area (Å²) >= 11 is 3.69. The highest BCUT2D eigenvalue weighted by atomic mass is 79.9. The summed E-state index contributed by atoms with van der Waals surface area (Å²) in [5, 5.41) is 12.3. The molecule has 0 spiro atoms. The highest BCUT2D eigenvalue weighted by Crippen LogP contribution is 2.44. The Morgan fingerprint density at radius 2 is 1.71 bits per heavy atom. The van der Waals surface area contributed by atoms with Crippen LogP contribution in [0, 0.1) is 0 Å². The number of hydrogen-bond acceptors (Lipinski definition) is 6. The first kappa shape index (κ1) is 32.3. The number of halogens is 1. The van der Waals surface area contributed by atoms with Gasteiger partial charge < -0.3 is 24.6 Å². The minimum atomic E-state index is -1.29. The van der Waals surface area contributed by atoms with E-state index in [1.54, 1.807) is 7.11 Å². The number of carbonyl (C=O) groups is 1. The molecule has 0 saturated heterocycles. The fourth-order valence-electron chi connectivity index (χ4n) is 5.47. The van der Waals surface area contributed by atoms with Crippen LogP contribution in [0.2, 0.25) is 0 Å². The number of carbonyl (C=O) groups excluding carboxylic acids is 1. The fraction of sp³-hybridized carbons (Fsp3) is 0.297. The molecule has 4 aromatic rings. The molecule has 1 amide bonds. The summed E-state index contributed by atoms with van der Waals surface area (Å²) in [5.74, 6) is 1.55. The zero-order chi connectivity index (χ0) is 31.5. The molecule has 0 radical (unpaired) electrons. The topological polar surface area (TPSA) is 89.4 Å². The quantitative estimate of drug-likeness (QED) is 0.135. The summed E-state index contributed by atoms with van der Waals surface area (Å²) in [5.41, 5.74) is 2.48. The lowest BCUT2D eigenvalue weighted by Crippen LogP contribution is -2.50. The molecule has 0 unspecified atom stereocenters. The molecule has 0 saturated carbocycles. The van der Waals surface area contributed by atoms with Crippen molar-refractivity contribution in [3.8, 4) is 11.5 Å². The molecule has 45 heavy (non-hydrogen) atoms. The average Bonchev–Trinajstić information content (AvgIpc) is 3.47. The van der Waals surface area contributed by atoms with Crippen molar-refractivity contribution in [1.82, 2.24) is 5.32 Å². The minimum Gasteiger partial charge on any atom is -0.497 e. The van der Waals surface area contributed by atoms with E-state index < -0.39 is 11.6 Å². The lowest BCUT2D eigenvalue weighted by molar-refractivity contribution is -0.128. The van der Waals surface area contributed by atoms with Crippen LogP contribution in [0.1, 0.15) is 47.6 Å². The Morgan fingerprint density at radius 3 is 2.47 bits per heavy atom. The number of benzene rings is 4. The van der Waals surface area contributed by atoms with Crippen molar-refractivity contribution in [3.05, 3.63) is 130 Å². The molecule has 5 rings (SSSR count). The minimum absolute atomic E-state index is 0.0725. The molecule has 2 atom stereocenters. The Kier molecular flexibility index (Phi) is 11.3. The first-order chi connectivity index (χ1) is 22.0. The van der Waals surface area contributed by atoms with Crippen LogP contribution in [-0.2, 0) is 22.4 Å². The first-order valence-electron chi connectivity index (χ1n) is 15.3. The maximum Gasteiger partial charge on any atom is 0.252 e. The van der Waals surface area contributed by atoms with Crippen molar-refractivity contribution in [2.45, 2.75) is 43.7 Å². The first-order valence-corrected chi connectivity index (χ1v) is 16.1. The zero-order valence-electron chi connectivity index (χ0n) is 25.5. The second kappa shape index (κ2) is 15.7. The Bertz CT molecular complexity index is 1580. The number of rotatable bonds is 15. The van der Waals surface area contributed by atoms with Crippen molar-refractivity contribution >= 4 is 27.7 Å². The van der Waals surface area contributed by atoms with Crippen LogP contribution in [0.5, 0.6) is 11.5 Å². The average molecular weight is 672 g/mol. The predicted octanol–water partition coefficient (Wildman–Crippen LogP) is 6.86. The van der Waals surface area contributed by atoms with Gasteiger partial charge in [0.2, 0.25) is 5.90 Å². The van der Waals surface area contributed by atoms with E-state index in [2.05, 4.69) is 45.5 Å². The van der Waals surface area contributed by atoms with Gasteiger partial charge in [-0.2, -0.15) is 0 Å². The second-order valence-electron chi connectivity index (χ2n) is 11.0. The van der Waals surface area contributed by atoms with Gasteiger partial charge in [-0.15, -0.1) is 0 Å². The van der Waals surface area contributed by atoms with Crippen molar-refractivity contribution in [2.75, 3.05) is 26.9 Å². The molecule has 1 heterocycles.